The summed E-state index contributed by atoms with van der Waals surface area (Å²) in [5.74, 6) is 0.778. The van der Waals surface area contributed by atoms with Gasteiger partial charge in [0.2, 0.25) is 6.79 Å². The van der Waals surface area contributed by atoms with E-state index >= 15 is 0 Å². The van der Waals surface area contributed by atoms with E-state index in [-0.39, 0.29) is 12.7 Å². The molecule has 1 aliphatic heterocycles. The highest BCUT2D eigenvalue weighted by Gasteiger charge is 2.22. The minimum atomic E-state index is -0.452. The Morgan fingerprint density at radius 3 is 2.46 bits per heavy atom. The van der Waals surface area contributed by atoms with Crippen molar-refractivity contribution in [3.8, 4) is 17.4 Å². The smallest absolute Gasteiger partial charge is 0.337 e. The Labute approximate surface area is 215 Å². The number of carbonyl (C=O) groups is 1. The number of aromatic hydroxyl groups is 1. The molecule has 0 saturated carbocycles. The second kappa shape index (κ2) is 10.4. The predicted octanol–water partition coefficient (Wildman–Crippen LogP) is 5.40. The number of H-pyrrole nitrogens is 1. The molecule has 1 aromatic heterocycles. The zero-order valence-electron chi connectivity index (χ0n) is 21.1. The molecule has 0 amide bonds. The van der Waals surface area contributed by atoms with E-state index in [0.717, 1.165) is 36.3 Å². The van der Waals surface area contributed by atoms with Gasteiger partial charge in [-0.2, -0.15) is 0 Å². The molecule has 0 atom stereocenters. The van der Waals surface area contributed by atoms with Crippen LogP contribution in [0.2, 0.25) is 0 Å². The van der Waals surface area contributed by atoms with Crippen LogP contribution in [0.25, 0.3) is 10.9 Å². The second-order valence-corrected chi connectivity index (χ2v) is 8.76. The van der Waals surface area contributed by atoms with Crippen LogP contribution in [-0.2, 0) is 11.3 Å². The minimum Gasteiger partial charge on any atom is -0.494 e. The van der Waals surface area contributed by atoms with E-state index < -0.39 is 5.97 Å². The molecule has 190 valence electrons. The van der Waals surface area contributed by atoms with Gasteiger partial charge in [0.1, 0.15) is 0 Å². The van der Waals surface area contributed by atoms with Gasteiger partial charge < -0.3 is 24.3 Å². The first-order valence-corrected chi connectivity index (χ1v) is 12.2. The van der Waals surface area contributed by atoms with Gasteiger partial charge in [-0.25, -0.2) is 9.79 Å². The van der Waals surface area contributed by atoms with Gasteiger partial charge in [-0.1, -0.05) is 32.0 Å². The summed E-state index contributed by atoms with van der Waals surface area (Å²) in [6.07, 6.45) is 0. The van der Waals surface area contributed by atoms with Crippen molar-refractivity contribution >= 4 is 28.3 Å². The van der Waals surface area contributed by atoms with Crippen LogP contribution < -0.4 is 9.47 Å². The van der Waals surface area contributed by atoms with Gasteiger partial charge in [0.05, 0.1) is 29.6 Å². The molecule has 0 spiro atoms. The molecular formula is C29H29N3O5. The summed E-state index contributed by atoms with van der Waals surface area (Å²) in [6, 6.07) is 18.8. The number of hydrogen-bond donors (Lipinski definition) is 2. The van der Waals surface area contributed by atoms with Crippen LogP contribution in [0.4, 0.5) is 5.69 Å². The number of aromatic amines is 1. The molecule has 5 rings (SSSR count). The highest BCUT2D eigenvalue weighted by Crippen LogP contribution is 2.37. The number of benzene rings is 3. The highest BCUT2D eigenvalue weighted by atomic mass is 16.7. The number of rotatable bonds is 8. The molecule has 8 heteroatoms. The van der Waals surface area contributed by atoms with Gasteiger partial charge in [-0.3, -0.25) is 4.90 Å². The van der Waals surface area contributed by atoms with Crippen molar-refractivity contribution < 1.29 is 24.1 Å². The van der Waals surface area contributed by atoms with Crippen molar-refractivity contribution in [2.24, 2.45) is 4.99 Å². The molecule has 2 N–H and O–H groups in total. The van der Waals surface area contributed by atoms with Crippen LogP contribution in [0.3, 0.4) is 0 Å². The number of nitrogens with zero attached hydrogens (tertiary/aromatic N) is 2. The maximum absolute atomic E-state index is 12.0. The Bertz CT molecular complexity index is 1470. The molecular weight excluding hydrogens is 470 g/mol. The molecule has 0 aliphatic carbocycles. The van der Waals surface area contributed by atoms with E-state index in [9.17, 15) is 9.90 Å². The van der Waals surface area contributed by atoms with E-state index in [1.165, 1.54) is 12.7 Å². The second-order valence-electron chi connectivity index (χ2n) is 8.76. The third kappa shape index (κ3) is 4.88. The van der Waals surface area contributed by atoms with Crippen molar-refractivity contribution in [2.45, 2.75) is 20.4 Å². The summed E-state index contributed by atoms with van der Waals surface area (Å²) >= 11 is 0. The van der Waals surface area contributed by atoms with Gasteiger partial charge in [-0.05, 0) is 61.1 Å². The van der Waals surface area contributed by atoms with Crippen LogP contribution in [-0.4, -0.2) is 53.7 Å². The van der Waals surface area contributed by atoms with E-state index in [1.54, 1.807) is 18.2 Å². The Morgan fingerprint density at radius 1 is 1.00 bits per heavy atom. The number of ether oxygens (including phenoxy) is 3. The molecule has 1 aliphatic rings. The van der Waals surface area contributed by atoms with Crippen LogP contribution in [0, 0.1) is 0 Å². The fourth-order valence-electron chi connectivity index (χ4n) is 4.49. The summed E-state index contributed by atoms with van der Waals surface area (Å²) in [6.45, 7) is 7.32. The SMILES string of the molecule is CCN(CC)Cc1ccc(N=C(c2ccc3c(c2)OCO3)c2c(O)[nH]c3cc(C(=O)OC)ccc23)cc1. The molecule has 0 radical (unpaired) electrons. The molecule has 3 aromatic carbocycles. The van der Waals surface area contributed by atoms with Crippen LogP contribution >= 0.6 is 0 Å². The van der Waals surface area contributed by atoms with E-state index in [2.05, 4.69) is 35.9 Å². The number of hydrogen-bond acceptors (Lipinski definition) is 7. The van der Waals surface area contributed by atoms with Gasteiger partial charge in [0, 0.05) is 23.0 Å². The average molecular weight is 500 g/mol. The normalized spacial score (nSPS) is 12.9. The largest absolute Gasteiger partial charge is 0.494 e. The molecule has 4 aromatic rings. The van der Waals surface area contributed by atoms with Crippen LogP contribution in [0.5, 0.6) is 17.4 Å². The summed E-state index contributed by atoms with van der Waals surface area (Å²) in [7, 11) is 1.34. The molecule has 0 bridgehead atoms. The predicted molar refractivity (Wildman–Crippen MR) is 142 cm³/mol. The fourth-order valence-corrected chi connectivity index (χ4v) is 4.49. The Morgan fingerprint density at radius 2 is 1.73 bits per heavy atom. The third-order valence-corrected chi connectivity index (χ3v) is 6.56. The van der Waals surface area contributed by atoms with E-state index in [0.29, 0.717) is 33.9 Å². The summed E-state index contributed by atoms with van der Waals surface area (Å²) in [5, 5.41) is 11.7. The van der Waals surface area contributed by atoms with Crippen molar-refractivity contribution in [1.29, 1.82) is 0 Å². The maximum atomic E-state index is 12.0. The van der Waals surface area contributed by atoms with Crippen molar-refractivity contribution in [1.82, 2.24) is 9.88 Å². The van der Waals surface area contributed by atoms with Crippen molar-refractivity contribution in [2.75, 3.05) is 27.0 Å². The summed E-state index contributed by atoms with van der Waals surface area (Å²) < 4.78 is 15.9. The molecule has 0 saturated heterocycles. The monoisotopic (exact) mass is 499 g/mol. The summed E-state index contributed by atoms with van der Waals surface area (Å²) in [4.78, 5) is 22.3. The summed E-state index contributed by atoms with van der Waals surface area (Å²) in [5.41, 5.74) is 4.77. The molecule has 2 heterocycles. The Hall–Kier alpha value is -4.30. The first-order chi connectivity index (χ1) is 18.0. The number of aliphatic imine (C=N–C) groups is 1. The number of methoxy groups -OCH3 is 1. The standard InChI is InChI=1S/C29H29N3O5/c1-4-32(5-2)16-18-6-10-21(11-7-18)30-27(19-9-13-24-25(15-19)37-17-36-24)26-22-12-8-20(29(34)35-3)14-23(22)31-28(26)33/h6-15,31,33H,4-5,16-17H2,1-3H3. The first-order valence-electron chi connectivity index (χ1n) is 12.2. The Balaban J connectivity index is 1.61. The third-order valence-electron chi connectivity index (χ3n) is 6.56. The van der Waals surface area contributed by atoms with Crippen LogP contribution in [0.15, 0.2) is 65.7 Å². The number of aromatic nitrogens is 1. The number of carbonyl (C=O) groups excluding carboxylic acids is 1. The molecule has 0 fully saturated rings. The quantitative estimate of drug-likeness (QED) is 0.249. The highest BCUT2D eigenvalue weighted by molar-refractivity contribution is 6.22. The fraction of sp³-hybridized carbons (Fsp3) is 0.241. The Kier molecular flexibility index (Phi) is 6.83. The van der Waals surface area contributed by atoms with Gasteiger partial charge in [0.25, 0.3) is 0 Å². The number of esters is 1. The lowest BCUT2D eigenvalue weighted by atomic mass is 9.99. The lowest BCUT2D eigenvalue weighted by molar-refractivity contribution is 0.0601. The van der Waals surface area contributed by atoms with Crippen molar-refractivity contribution in [3.05, 3.63) is 82.9 Å². The average Bonchev–Trinajstić information content (AvgIpc) is 3.53. The lowest BCUT2D eigenvalue weighted by Gasteiger charge is -2.17. The molecule has 8 nitrogen and oxygen atoms in total. The van der Waals surface area contributed by atoms with Crippen molar-refractivity contribution in [3.63, 3.8) is 0 Å². The van der Waals surface area contributed by atoms with Gasteiger partial charge in [-0.15, -0.1) is 0 Å². The lowest BCUT2D eigenvalue weighted by Crippen LogP contribution is -2.21. The topological polar surface area (TPSA) is 96.4 Å². The zero-order valence-corrected chi connectivity index (χ0v) is 21.1. The zero-order chi connectivity index (χ0) is 25.9. The van der Waals surface area contributed by atoms with Gasteiger partial charge in [0.15, 0.2) is 17.4 Å². The first kappa shape index (κ1) is 24.4. The van der Waals surface area contributed by atoms with Crippen LogP contribution in [0.1, 0.15) is 40.9 Å². The molecule has 37 heavy (non-hydrogen) atoms. The van der Waals surface area contributed by atoms with E-state index in [4.69, 9.17) is 19.2 Å². The minimum absolute atomic E-state index is 0.0495. The van der Waals surface area contributed by atoms with Gasteiger partial charge >= 0.3 is 5.97 Å². The van der Waals surface area contributed by atoms with E-state index in [1.807, 2.05) is 30.3 Å². The molecule has 0 unspecified atom stereocenters. The number of nitrogens with one attached hydrogen (secondary N) is 1. The number of fused-ring (bicyclic) bond motifs is 2. The maximum Gasteiger partial charge on any atom is 0.337 e.